The maximum Gasteiger partial charge on any atom is 0.322 e. The number of nitrogens with zero attached hydrogens (tertiary/aromatic N) is 3. The van der Waals surface area contributed by atoms with Crippen molar-refractivity contribution in [3.05, 3.63) is 18.2 Å². The van der Waals surface area contributed by atoms with Crippen LogP contribution in [0.25, 0.3) is 0 Å². The van der Waals surface area contributed by atoms with Gasteiger partial charge >= 0.3 is 12.0 Å². The van der Waals surface area contributed by atoms with Crippen LogP contribution in [-0.4, -0.2) is 73.9 Å². The number of ether oxygens (including phenoxy) is 4. The van der Waals surface area contributed by atoms with Gasteiger partial charge in [0, 0.05) is 25.9 Å². The number of carbonyl (C=O) groups excluding carboxylic acids is 2. The predicted molar refractivity (Wildman–Crippen MR) is 143 cm³/mol. The number of allylic oxidation sites excluding steroid dienone is 2. The zero-order chi connectivity index (χ0) is 27.8. The van der Waals surface area contributed by atoms with E-state index in [1.807, 2.05) is 19.0 Å². The molecule has 1 aliphatic heterocycles. The van der Waals surface area contributed by atoms with Gasteiger partial charge in [0.25, 0.3) is 0 Å². The number of hydrogen-bond acceptors (Lipinski definition) is 10. The molecule has 1 aromatic rings. The third-order valence-electron chi connectivity index (χ3n) is 8.24. The van der Waals surface area contributed by atoms with E-state index in [4.69, 9.17) is 23.8 Å². The van der Waals surface area contributed by atoms with Crippen LogP contribution in [0.3, 0.4) is 0 Å². The van der Waals surface area contributed by atoms with Crippen molar-refractivity contribution in [3.63, 3.8) is 0 Å². The standard InChI is InChI=1S/C29H43N3O7/c1-5-37-27(34)29-13-10-12-24(33)23-16-22(39-26-17-25(35-3)30-28(31-26)36-4)15-20(23)19-38-32(2)14-9-7-6-8-11-21(29)18-29/h8,11,17,20-23H,5-7,9-10,12-16,18-19H2,1-4H3/b11-8-/t20-,21+,22-,23+,29-/m0/s1. The minimum absolute atomic E-state index is 0.0284. The molecule has 0 N–H and O–H groups in total. The molecule has 0 aromatic carbocycles. The van der Waals surface area contributed by atoms with Crippen LogP contribution >= 0.6 is 0 Å². The molecule has 39 heavy (non-hydrogen) atoms. The molecule has 2 fully saturated rings. The zero-order valence-electron chi connectivity index (χ0n) is 23.7. The third kappa shape index (κ3) is 7.48. The average molecular weight is 546 g/mol. The number of methoxy groups -OCH3 is 2. The lowest BCUT2D eigenvalue weighted by Gasteiger charge is -2.22. The topological polar surface area (TPSA) is 109 Å². The number of ketones is 1. The van der Waals surface area contributed by atoms with Crippen molar-refractivity contribution in [3.8, 4) is 17.8 Å². The van der Waals surface area contributed by atoms with E-state index in [1.165, 1.54) is 14.2 Å². The fraction of sp³-hybridized carbons (Fsp3) is 0.724. The molecular weight excluding hydrogens is 502 g/mol. The summed E-state index contributed by atoms with van der Waals surface area (Å²) in [7, 11) is 4.96. The molecule has 4 rings (SSSR count). The molecule has 0 radical (unpaired) electrons. The van der Waals surface area contributed by atoms with Gasteiger partial charge in [0.2, 0.25) is 11.8 Å². The second-order valence-electron chi connectivity index (χ2n) is 10.9. The van der Waals surface area contributed by atoms with Gasteiger partial charge in [0.15, 0.2) is 0 Å². The Bertz CT molecular complexity index is 996. The quantitative estimate of drug-likeness (QED) is 0.381. The average Bonchev–Trinajstić information content (AvgIpc) is 3.49. The predicted octanol–water partition coefficient (Wildman–Crippen LogP) is 4.18. The molecule has 2 heterocycles. The molecule has 2 aliphatic carbocycles. The number of carbonyl (C=O) groups is 2. The van der Waals surface area contributed by atoms with E-state index in [-0.39, 0.29) is 41.6 Å². The van der Waals surface area contributed by atoms with Gasteiger partial charge in [-0.05, 0) is 70.1 Å². The zero-order valence-corrected chi connectivity index (χ0v) is 23.7. The van der Waals surface area contributed by atoms with Crippen molar-refractivity contribution in [2.45, 2.75) is 70.8 Å². The first kappa shape index (κ1) is 29.3. The van der Waals surface area contributed by atoms with Crippen LogP contribution in [0.15, 0.2) is 18.2 Å². The summed E-state index contributed by atoms with van der Waals surface area (Å²) in [5.74, 6) is 0.827. The molecule has 5 atom stereocenters. The molecule has 2 saturated carbocycles. The molecule has 0 unspecified atom stereocenters. The van der Waals surface area contributed by atoms with Crippen molar-refractivity contribution in [1.29, 1.82) is 0 Å². The summed E-state index contributed by atoms with van der Waals surface area (Å²) in [6.45, 7) is 3.49. The Hall–Kier alpha value is -2.72. The van der Waals surface area contributed by atoms with Gasteiger partial charge in [0.1, 0.15) is 11.9 Å². The third-order valence-corrected chi connectivity index (χ3v) is 8.24. The maximum absolute atomic E-state index is 13.5. The van der Waals surface area contributed by atoms with Gasteiger partial charge in [-0.3, -0.25) is 14.4 Å². The lowest BCUT2D eigenvalue weighted by atomic mass is 9.88. The van der Waals surface area contributed by atoms with Crippen molar-refractivity contribution >= 4 is 11.8 Å². The number of rotatable bonds is 6. The SMILES string of the molecule is CCOC(=O)[C@]12CCCC(=O)[C@@H]3C[C@@H](Oc4cc(OC)nc(OC)n4)C[C@H]3CON(C)CCCC/C=C\[C@@H]1C2. The van der Waals surface area contributed by atoms with E-state index in [2.05, 4.69) is 22.1 Å². The fourth-order valence-electron chi connectivity index (χ4n) is 5.95. The van der Waals surface area contributed by atoms with Gasteiger partial charge in [-0.2, -0.15) is 15.0 Å². The van der Waals surface area contributed by atoms with Crippen molar-refractivity contribution in [2.75, 3.05) is 41.0 Å². The first-order chi connectivity index (χ1) is 18.9. The van der Waals surface area contributed by atoms with Gasteiger partial charge in [-0.15, -0.1) is 0 Å². The Balaban J connectivity index is 1.46. The van der Waals surface area contributed by atoms with E-state index < -0.39 is 5.41 Å². The highest BCUT2D eigenvalue weighted by molar-refractivity contribution is 5.83. The Morgan fingerprint density at radius 2 is 1.97 bits per heavy atom. The number of Topliss-reactive ketones (excluding diaryl/α,β-unsaturated/α-hetero) is 1. The summed E-state index contributed by atoms with van der Waals surface area (Å²) in [6.07, 6.45) is 11.0. The summed E-state index contributed by atoms with van der Waals surface area (Å²) in [4.78, 5) is 40.9. The fourth-order valence-corrected chi connectivity index (χ4v) is 5.95. The van der Waals surface area contributed by atoms with Crippen molar-refractivity contribution in [2.24, 2.45) is 23.2 Å². The maximum atomic E-state index is 13.5. The first-order valence-corrected chi connectivity index (χ1v) is 14.2. The van der Waals surface area contributed by atoms with E-state index in [9.17, 15) is 9.59 Å². The van der Waals surface area contributed by atoms with Gasteiger partial charge < -0.3 is 18.9 Å². The van der Waals surface area contributed by atoms with Crippen LogP contribution < -0.4 is 14.2 Å². The number of hydroxylamine groups is 2. The summed E-state index contributed by atoms with van der Waals surface area (Å²) < 4.78 is 22.0. The normalized spacial score (nSPS) is 31.3. The van der Waals surface area contributed by atoms with Crippen LogP contribution in [0.5, 0.6) is 17.8 Å². The number of hydrogen-bond donors (Lipinski definition) is 0. The Morgan fingerprint density at radius 3 is 2.74 bits per heavy atom. The minimum Gasteiger partial charge on any atom is -0.481 e. The van der Waals surface area contributed by atoms with E-state index in [0.29, 0.717) is 57.1 Å². The molecule has 0 spiro atoms. The second-order valence-corrected chi connectivity index (χ2v) is 10.9. The highest BCUT2D eigenvalue weighted by Gasteiger charge is 2.59. The van der Waals surface area contributed by atoms with Crippen molar-refractivity contribution < 1.29 is 33.4 Å². The number of fused-ring (bicyclic) bond motifs is 2. The second kappa shape index (κ2) is 13.6. The summed E-state index contributed by atoms with van der Waals surface area (Å²) >= 11 is 0. The highest BCUT2D eigenvalue weighted by atomic mass is 16.7. The lowest BCUT2D eigenvalue weighted by Crippen LogP contribution is -2.28. The summed E-state index contributed by atoms with van der Waals surface area (Å²) in [6, 6.07) is 1.78. The smallest absolute Gasteiger partial charge is 0.322 e. The Kier molecular flexibility index (Phi) is 10.2. The van der Waals surface area contributed by atoms with Crippen molar-refractivity contribution in [1.82, 2.24) is 15.0 Å². The minimum atomic E-state index is -0.476. The van der Waals surface area contributed by atoms with Crippen LogP contribution in [0.4, 0.5) is 0 Å². The Labute approximate surface area is 231 Å². The summed E-state index contributed by atoms with van der Waals surface area (Å²) in [5, 5.41) is 1.88. The lowest BCUT2D eigenvalue weighted by molar-refractivity contribution is -0.157. The summed E-state index contributed by atoms with van der Waals surface area (Å²) in [5.41, 5.74) is -0.476. The molecule has 0 saturated heterocycles. The van der Waals surface area contributed by atoms with Crippen LogP contribution in [0.1, 0.15) is 64.7 Å². The largest absolute Gasteiger partial charge is 0.481 e. The molecule has 216 valence electrons. The molecule has 0 bridgehead atoms. The van der Waals surface area contributed by atoms with Gasteiger partial charge in [-0.1, -0.05) is 12.2 Å². The van der Waals surface area contributed by atoms with Gasteiger partial charge in [-0.25, -0.2) is 0 Å². The van der Waals surface area contributed by atoms with Crippen LogP contribution in [0, 0.1) is 23.2 Å². The number of aromatic nitrogens is 2. The molecule has 0 amide bonds. The van der Waals surface area contributed by atoms with E-state index in [1.54, 1.807) is 6.07 Å². The monoisotopic (exact) mass is 545 g/mol. The van der Waals surface area contributed by atoms with Crippen LogP contribution in [-0.2, 0) is 19.2 Å². The Morgan fingerprint density at radius 1 is 1.15 bits per heavy atom. The van der Waals surface area contributed by atoms with E-state index >= 15 is 0 Å². The van der Waals surface area contributed by atoms with E-state index in [0.717, 1.165) is 32.2 Å². The molecule has 10 heteroatoms. The molecule has 1 aromatic heterocycles. The molecule has 3 aliphatic rings. The molecule has 10 nitrogen and oxygen atoms in total. The van der Waals surface area contributed by atoms with Crippen LogP contribution in [0.2, 0.25) is 0 Å². The number of esters is 1. The molecular formula is C29H43N3O7. The highest BCUT2D eigenvalue weighted by Crippen LogP contribution is 2.58. The van der Waals surface area contributed by atoms with Gasteiger partial charge in [0.05, 0.1) is 38.9 Å². The first-order valence-electron chi connectivity index (χ1n) is 14.2.